The molecule has 88 valence electrons. The van der Waals surface area contributed by atoms with Crippen molar-refractivity contribution in [3.05, 3.63) is 34.1 Å². The maximum Gasteiger partial charge on any atom is 0.327 e. The second-order valence-corrected chi connectivity index (χ2v) is 4.30. The van der Waals surface area contributed by atoms with E-state index < -0.39 is 16.4 Å². The van der Waals surface area contributed by atoms with Gasteiger partial charge in [-0.25, -0.2) is 0 Å². The molecule has 0 bridgehead atoms. The van der Waals surface area contributed by atoms with Crippen LogP contribution in [0.25, 0.3) is 0 Å². The molecule has 0 heterocycles. The van der Waals surface area contributed by atoms with Gasteiger partial charge in [0.2, 0.25) is 5.82 Å². The maximum absolute atomic E-state index is 13.3. The van der Waals surface area contributed by atoms with Crippen molar-refractivity contribution in [1.29, 1.82) is 0 Å². The molecule has 0 radical (unpaired) electrons. The summed E-state index contributed by atoms with van der Waals surface area (Å²) in [6.45, 7) is 1.89. The first-order valence-corrected chi connectivity index (χ1v) is 6.14. The average molecular weight is 244 g/mol. The van der Waals surface area contributed by atoms with E-state index in [0.717, 1.165) is 11.8 Å². The summed E-state index contributed by atoms with van der Waals surface area (Å²) in [5.41, 5.74) is -0.262. The van der Waals surface area contributed by atoms with E-state index in [1.165, 1.54) is 12.1 Å². The molecule has 0 amide bonds. The van der Waals surface area contributed by atoms with Crippen molar-refractivity contribution >= 4 is 23.1 Å². The van der Waals surface area contributed by atoms with Crippen molar-refractivity contribution < 1.29 is 9.31 Å². The Morgan fingerprint density at radius 2 is 2.31 bits per heavy atom. The lowest BCUT2D eigenvalue weighted by atomic mass is 10.2. The van der Waals surface area contributed by atoms with Crippen LogP contribution in [0.3, 0.4) is 0 Å². The highest BCUT2D eigenvalue weighted by Gasteiger charge is 2.20. The molecule has 1 aromatic carbocycles. The van der Waals surface area contributed by atoms with Gasteiger partial charge in [0.1, 0.15) is 5.69 Å². The number of anilines is 1. The molecule has 6 heteroatoms. The fourth-order valence-corrected chi connectivity index (χ4v) is 1.96. The molecule has 0 saturated carbocycles. The second-order valence-electron chi connectivity index (χ2n) is 3.39. The third-order valence-electron chi connectivity index (χ3n) is 1.99. The molecule has 0 aliphatic heterocycles. The molecular weight excluding hydrogens is 231 g/mol. The molecule has 0 saturated heterocycles. The predicted molar refractivity (Wildman–Crippen MR) is 64.5 cm³/mol. The summed E-state index contributed by atoms with van der Waals surface area (Å²) < 4.78 is 13.3. The van der Waals surface area contributed by atoms with E-state index in [-0.39, 0.29) is 11.7 Å². The minimum Gasteiger partial charge on any atom is -0.376 e. The van der Waals surface area contributed by atoms with Crippen molar-refractivity contribution in [2.75, 3.05) is 17.3 Å². The molecule has 1 unspecified atom stereocenters. The summed E-state index contributed by atoms with van der Waals surface area (Å²) in [4.78, 5) is 10.00. The minimum atomic E-state index is -0.814. The first kappa shape index (κ1) is 12.8. The summed E-state index contributed by atoms with van der Waals surface area (Å²) in [6, 6.07) is 4.10. The van der Waals surface area contributed by atoms with E-state index in [1.807, 2.05) is 13.2 Å². The van der Waals surface area contributed by atoms with Crippen LogP contribution in [0.15, 0.2) is 18.2 Å². The van der Waals surface area contributed by atoms with E-state index >= 15 is 0 Å². The Hall–Kier alpha value is -1.30. The topological polar surface area (TPSA) is 55.2 Å². The number of para-hydroxylation sites is 1. The van der Waals surface area contributed by atoms with Crippen LogP contribution in [-0.2, 0) is 0 Å². The molecule has 0 fully saturated rings. The quantitative estimate of drug-likeness (QED) is 0.639. The number of hydrogen-bond donors (Lipinski definition) is 1. The number of thioether (sulfide) groups is 1. The van der Waals surface area contributed by atoms with Gasteiger partial charge in [0.25, 0.3) is 0 Å². The maximum atomic E-state index is 13.3. The van der Waals surface area contributed by atoms with E-state index in [0.29, 0.717) is 0 Å². The predicted octanol–water partition coefficient (Wildman–Crippen LogP) is 2.90. The Morgan fingerprint density at radius 1 is 1.62 bits per heavy atom. The summed E-state index contributed by atoms with van der Waals surface area (Å²) in [6.07, 6.45) is 1.94. The van der Waals surface area contributed by atoms with E-state index in [4.69, 9.17) is 0 Å². The van der Waals surface area contributed by atoms with Gasteiger partial charge in [-0.1, -0.05) is 6.07 Å². The van der Waals surface area contributed by atoms with Crippen LogP contribution in [0, 0.1) is 15.9 Å². The summed E-state index contributed by atoms with van der Waals surface area (Å²) in [7, 11) is 0. The summed E-state index contributed by atoms with van der Waals surface area (Å²) in [5.74, 6) is -0.0143. The monoisotopic (exact) mass is 244 g/mol. The number of rotatable bonds is 5. The molecule has 16 heavy (non-hydrogen) atoms. The summed E-state index contributed by atoms with van der Waals surface area (Å²) in [5, 5.41) is 13.6. The van der Waals surface area contributed by atoms with Gasteiger partial charge in [-0.2, -0.15) is 16.2 Å². The molecule has 0 spiro atoms. The number of halogens is 1. The number of nitro groups is 1. The van der Waals surface area contributed by atoms with Crippen molar-refractivity contribution in [1.82, 2.24) is 0 Å². The van der Waals surface area contributed by atoms with Crippen molar-refractivity contribution in [2.45, 2.75) is 13.0 Å². The Morgan fingerprint density at radius 3 is 2.88 bits per heavy atom. The molecule has 0 aliphatic carbocycles. The van der Waals surface area contributed by atoms with Crippen molar-refractivity contribution in [2.24, 2.45) is 0 Å². The van der Waals surface area contributed by atoms with Crippen molar-refractivity contribution in [3.8, 4) is 0 Å². The fourth-order valence-electron chi connectivity index (χ4n) is 1.37. The number of nitrogens with one attached hydrogen (secondary N) is 1. The molecular formula is C10H13FN2O2S. The van der Waals surface area contributed by atoms with Crippen LogP contribution >= 0.6 is 11.8 Å². The minimum absolute atomic E-state index is 0.0514. The van der Waals surface area contributed by atoms with Crippen LogP contribution in [0.2, 0.25) is 0 Å². The van der Waals surface area contributed by atoms with E-state index in [9.17, 15) is 14.5 Å². The van der Waals surface area contributed by atoms with Gasteiger partial charge in [0, 0.05) is 11.8 Å². The normalized spacial score (nSPS) is 12.2. The third-order valence-corrected chi connectivity index (χ3v) is 2.82. The largest absolute Gasteiger partial charge is 0.376 e. The van der Waals surface area contributed by atoms with Gasteiger partial charge in [-0.15, -0.1) is 0 Å². The molecule has 1 atom stereocenters. The van der Waals surface area contributed by atoms with Gasteiger partial charge >= 0.3 is 5.69 Å². The van der Waals surface area contributed by atoms with Crippen LogP contribution in [0.4, 0.5) is 15.8 Å². The molecule has 4 nitrogen and oxygen atoms in total. The molecule has 1 aromatic rings. The summed E-state index contributed by atoms with van der Waals surface area (Å²) >= 11 is 1.62. The Balaban J connectivity index is 2.95. The number of benzene rings is 1. The Bertz CT molecular complexity index is 387. The van der Waals surface area contributed by atoms with Gasteiger partial charge in [-0.05, 0) is 25.3 Å². The third kappa shape index (κ3) is 3.10. The highest BCUT2D eigenvalue weighted by atomic mass is 32.2. The van der Waals surface area contributed by atoms with Crippen LogP contribution < -0.4 is 5.32 Å². The number of nitro benzene ring substituents is 1. The lowest BCUT2D eigenvalue weighted by molar-refractivity contribution is -0.386. The van der Waals surface area contributed by atoms with Crippen LogP contribution in [-0.4, -0.2) is 23.0 Å². The average Bonchev–Trinajstić information content (AvgIpc) is 2.17. The zero-order chi connectivity index (χ0) is 12.1. The standard InChI is InChI=1S/C10H13FN2O2S/c1-7(6-16-2)12-9-5-3-4-8(11)10(9)13(14)15/h3-5,7,12H,6H2,1-2H3. The zero-order valence-electron chi connectivity index (χ0n) is 9.07. The fraction of sp³-hybridized carbons (Fsp3) is 0.400. The Kier molecular flexibility index (Phi) is 4.54. The zero-order valence-corrected chi connectivity index (χ0v) is 9.88. The van der Waals surface area contributed by atoms with Crippen molar-refractivity contribution in [3.63, 3.8) is 0 Å². The molecule has 0 aromatic heterocycles. The smallest absolute Gasteiger partial charge is 0.327 e. The number of nitrogens with zero attached hydrogens (tertiary/aromatic N) is 1. The second kappa shape index (κ2) is 5.69. The first-order chi connectivity index (χ1) is 7.56. The lowest BCUT2D eigenvalue weighted by Crippen LogP contribution is -2.18. The molecule has 1 N–H and O–H groups in total. The van der Waals surface area contributed by atoms with Crippen LogP contribution in [0.5, 0.6) is 0 Å². The lowest BCUT2D eigenvalue weighted by Gasteiger charge is -2.13. The van der Waals surface area contributed by atoms with Gasteiger partial charge in [-0.3, -0.25) is 10.1 Å². The van der Waals surface area contributed by atoms with E-state index in [2.05, 4.69) is 5.32 Å². The number of hydrogen-bond acceptors (Lipinski definition) is 4. The van der Waals surface area contributed by atoms with Gasteiger partial charge in [0.05, 0.1) is 4.92 Å². The highest BCUT2D eigenvalue weighted by molar-refractivity contribution is 7.98. The molecule has 0 aliphatic rings. The molecule has 1 rings (SSSR count). The highest BCUT2D eigenvalue weighted by Crippen LogP contribution is 2.27. The SMILES string of the molecule is CSCC(C)Nc1cccc(F)c1[N+](=O)[O-]. The van der Waals surface area contributed by atoms with Gasteiger partial charge in [0.15, 0.2) is 0 Å². The van der Waals surface area contributed by atoms with E-state index in [1.54, 1.807) is 11.8 Å². The Labute approximate surface area is 97.4 Å². The van der Waals surface area contributed by atoms with Crippen LogP contribution in [0.1, 0.15) is 6.92 Å². The van der Waals surface area contributed by atoms with Gasteiger partial charge < -0.3 is 5.32 Å². The first-order valence-electron chi connectivity index (χ1n) is 4.74.